The molecule has 19 heavy (non-hydrogen) atoms. The lowest BCUT2D eigenvalue weighted by atomic mass is 10.00. The average molecular weight is 255 g/mol. The third kappa shape index (κ3) is 1.79. The van der Waals surface area contributed by atoms with E-state index in [1.165, 1.54) is 24.5 Å². The molecule has 0 amide bonds. The second-order valence-electron chi connectivity index (χ2n) is 4.03. The number of fused-ring (bicyclic) bond motifs is 1. The van der Waals surface area contributed by atoms with Crippen molar-refractivity contribution in [3.63, 3.8) is 0 Å². The number of benzene rings is 1. The van der Waals surface area contributed by atoms with E-state index in [2.05, 4.69) is 15.2 Å². The number of carboxylic acids is 1. The molecule has 2 aromatic heterocycles. The number of hydrogen-bond acceptors (Lipinski definition) is 4. The lowest BCUT2D eigenvalue weighted by Crippen LogP contribution is -2.01. The van der Waals surface area contributed by atoms with Crippen molar-refractivity contribution in [2.24, 2.45) is 0 Å². The molecule has 3 N–H and O–H groups in total. The Hall–Kier alpha value is -2.89. The molecule has 1 aromatic carbocycles. The summed E-state index contributed by atoms with van der Waals surface area (Å²) >= 11 is 0. The molecule has 2 heterocycles. The number of carbonyl (C=O) groups is 1. The summed E-state index contributed by atoms with van der Waals surface area (Å²) in [6, 6.07) is 6.29. The van der Waals surface area contributed by atoms with Gasteiger partial charge in [-0.2, -0.15) is 5.10 Å². The monoisotopic (exact) mass is 255 g/mol. The van der Waals surface area contributed by atoms with E-state index in [1.54, 1.807) is 12.1 Å². The van der Waals surface area contributed by atoms with E-state index < -0.39 is 5.97 Å². The smallest absolute Gasteiger partial charge is 0.337 e. The van der Waals surface area contributed by atoms with Crippen LogP contribution in [0.25, 0.3) is 22.2 Å². The van der Waals surface area contributed by atoms with Crippen molar-refractivity contribution < 1.29 is 15.0 Å². The van der Waals surface area contributed by atoms with Gasteiger partial charge in [0.1, 0.15) is 5.75 Å². The molecule has 6 heteroatoms. The predicted molar refractivity (Wildman–Crippen MR) is 67.9 cm³/mol. The molecule has 0 aliphatic heterocycles. The van der Waals surface area contributed by atoms with Gasteiger partial charge in [-0.05, 0) is 17.7 Å². The fourth-order valence-electron chi connectivity index (χ4n) is 1.99. The summed E-state index contributed by atoms with van der Waals surface area (Å²) in [7, 11) is 0. The Kier molecular flexibility index (Phi) is 2.42. The Morgan fingerprint density at radius 2 is 1.89 bits per heavy atom. The van der Waals surface area contributed by atoms with E-state index in [0.29, 0.717) is 22.2 Å². The second kappa shape index (κ2) is 4.09. The molecule has 0 unspecified atom stereocenters. The van der Waals surface area contributed by atoms with Gasteiger partial charge in [-0.3, -0.25) is 5.10 Å². The second-order valence-corrected chi connectivity index (χ2v) is 4.03. The van der Waals surface area contributed by atoms with Gasteiger partial charge < -0.3 is 10.2 Å². The molecule has 3 aromatic rings. The van der Waals surface area contributed by atoms with E-state index >= 15 is 0 Å². The summed E-state index contributed by atoms with van der Waals surface area (Å²) in [5.74, 6) is -0.921. The number of carboxylic acid groups (broad SMARTS) is 1. The molecule has 94 valence electrons. The molecule has 0 saturated carbocycles. The Balaban J connectivity index is 2.31. The molecule has 0 spiro atoms. The van der Waals surface area contributed by atoms with Crippen molar-refractivity contribution in [1.82, 2.24) is 15.2 Å². The predicted octanol–water partition coefficient (Wildman–Crippen LogP) is 2.03. The zero-order chi connectivity index (χ0) is 13.4. The quantitative estimate of drug-likeness (QED) is 0.650. The number of nitrogens with one attached hydrogen (secondary N) is 1. The molecular weight excluding hydrogens is 246 g/mol. The SMILES string of the molecule is O=C(O)c1c(-c2ccc(O)cc2)cnc2[nH]ncc12. The van der Waals surface area contributed by atoms with E-state index in [4.69, 9.17) is 0 Å². The number of nitrogens with zero attached hydrogens (tertiary/aromatic N) is 2. The molecule has 0 atom stereocenters. The standard InChI is InChI=1S/C13H9N3O3/c17-8-3-1-7(2-4-8)9-5-14-12-10(6-15-16-12)11(9)13(18)19/h1-6,17H,(H,18,19)(H,14,15,16). The van der Waals surface area contributed by atoms with Crippen LogP contribution in [0.2, 0.25) is 0 Å². The van der Waals surface area contributed by atoms with Crippen molar-refractivity contribution >= 4 is 17.0 Å². The van der Waals surface area contributed by atoms with Crippen LogP contribution >= 0.6 is 0 Å². The van der Waals surface area contributed by atoms with Crippen molar-refractivity contribution in [2.45, 2.75) is 0 Å². The lowest BCUT2D eigenvalue weighted by molar-refractivity contribution is 0.0700. The van der Waals surface area contributed by atoms with Crippen molar-refractivity contribution in [3.05, 3.63) is 42.2 Å². The first-order valence-corrected chi connectivity index (χ1v) is 5.51. The molecule has 3 rings (SSSR count). The van der Waals surface area contributed by atoms with E-state index in [9.17, 15) is 15.0 Å². The molecular formula is C13H9N3O3. The topological polar surface area (TPSA) is 99.1 Å². The van der Waals surface area contributed by atoms with Crippen LogP contribution in [-0.4, -0.2) is 31.4 Å². The number of phenolic OH excluding ortho intramolecular Hbond substituents is 1. The van der Waals surface area contributed by atoms with Crippen LogP contribution in [0.15, 0.2) is 36.7 Å². The van der Waals surface area contributed by atoms with E-state index in [0.717, 1.165) is 0 Å². The number of aromatic hydroxyl groups is 1. The highest BCUT2D eigenvalue weighted by Gasteiger charge is 2.17. The molecule has 0 aliphatic rings. The van der Waals surface area contributed by atoms with Gasteiger partial charge in [-0.25, -0.2) is 9.78 Å². The number of aromatic nitrogens is 3. The van der Waals surface area contributed by atoms with Crippen LogP contribution in [0, 0.1) is 0 Å². The maximum absolute atomic E-state index is 11.5. The van der Waals surface area contributed by atoms with Gasteiger partial charge in [0.05, 0.1) is 17.1 Å². The Morgan fingerprint density at radius 3 is 2.58 bits per heavy atom. The molecule has 0 saturated heterocycles. The lowest BCUT2D eigenvalue weighted by Gasteiger charge is -2.06. The van der Waals surface area contributed by atoms with Crippen LogP contribution in [0.4, 0.5) is 0 Å². The first-order valence-electron chi connectivity index (χ1n) is 5.51. The van der Waals surface area contributed by atoms with Crippen LogP contribution in [0.5, 0.6) is 5.75 Å². The van der Waals surface area contributed by atoms with Gasteiger partial charge in [-0.15, -0.1) is 0 Å². The average Bonchev–Trinajstić information content (AvgIpc) is 2.86. The summed E-state index contributed by atoms with van der Waals surface area (Å²) in [4.78, 5) is 15.6. The summed E-state index contributed by atoms with van der Waals surface area (Å²) in [5.41, 5.74) is 1.73. The van der Waals surface area contributed by atoms with Gasteiger partial charge >= 0.3 is 5.97 Å². The van der Waals surface area contributed by atoms with Gasteiger partial charge in [0.2, 0.25) is 0 Å². The number of H-pyrrole nitrogens is 1. The number of rotatable bonds is 2. The zero-order valence-corrected chi connectivity index (χ0v) is 9.66. The third-order valence-electron chi connectivity index (χ3n) is 2.87. The number of phenols is 1. The van der Waals surface area contributed by atoms with Gasteiger partial charge in [0.15, 0.2) is 5.65 Å². The highest BCUT2D eigenvalue weighted by Crippen LogP contribution is 2.29. The van der Waals surface area contributed by atoms with E-state index in [-0.39, 0.29) is 11.3 Å². The summed E-state index contributed by atoms with van der Waals surface area (Å²) < 4.78 is 0. The summed E-state index contributed by atoms with van der Waals surface area (Å²) in [5, 5.41) is 25.6. The summed E-state index contributed by atoms with van der Waals surface area (Å²) in [6.07, 6.45) is 2.92. The third-order valence-corrected chi connectivity index (χ3v) is 2.87. The minimum atomic E-state index is -1.04. The zero-order valence-electron chi connectivity index (χ0n) is 9.66. The number of aromatic carboxylic acids is 1. The van der Waals surface area contributed by atoms with Crippen LogP contribution < -0.4 is 0 Å². The number of pyridine rings is 1. The largest absolute Gasteiger partial charge is 0.508 e. The van der Waals surface area contributed by atoms with E-state index in [1.807, 2.05) is 0 Å². The minimum absolute atomic E-state index is 0.123. The Labute approximate surface area is 107 Å². The highest BCUT2D eigenvalue weighted by atomic mass is 16.4. The maximum Gasteiger partial charge on any atom is 0.337 e. The first-order chi connectivity index (χ1) is 9.16. The number of hydrogen-bond donors (Lipinski definition) is 3. The van der Waals surface area contributed by atoms with Crippen LogP contribution in [-0.2, 0) is 0 Å². The molecule has 0 fully saturated rings. The highest BCUT2D eigenvalue weighted by molar-refractivity contribution is 6.07. The minimum Gasteiger partial charge on any atom is -0.508 e. The van der Waals surface area contributed by atoms with Gasteiger partial charge in [0, 0.05) is 11.8 Å². The van der Waals surface area contributed by atoms with Crippen molar-refractivity contribution in [1.29, 1.82) is 0 Å². The molecule has 6 nitrogen and oxygen atoms in total. The molecule has 0 radical (unpaired) electrons. The van der Waals surface area contributed by atoms with Gasteiger partial charge in [-0.1, -0.05) is 12.1 Å². The summed E-state index contributed by atoms with van der Waals surface area (Å²) in [6.45, 7) is 0. The molecule has 0 aliphatic carbocycles. The van der Waals surface area contributed by atoms with Gasteiger partial charge in [0.25, 0.3) is 0 Å². The fourth-order valence-corrected chi connectivity index (χ4v) is 1.99. The van der Waals surface area contributed by atoms with Crippen LogP contribution in [0.1, 0.15) is 10.4 Å². The van der Waals surface area contributed by atoms with Crippen molar-refractivity contribution in [3.8, 4) is 16.9 Å². The normalized spacial score (nSPS) is 10.7. The van der Waals surface area contributed by atoms with Crippen LogP contribution in [0.3, 0.4) is 0 Å². The van der Waals surface area contributed by atoms with Crippen molar-refractivity contribution in [2.75, 3.05) is 0 Å². The Morgan fingerprint density at radius 1 is 1.16 bits per heavy atom. The Bertz CT molecular complexity index is 762. The molecule has 0 bridgehead atoms. The first kappa shape index (κ1) is 11.2. The number of aromatic amines is 1. The maximum atomic E-state index is 11.5. The fraction of sp³-hybridized carbons (Fsp3) is 0.